The Morgan fingerprint density at radius 2 is 2.00 bits per heavy atom. The normalized spacial score (nSPS) is 11.8. The highest BCUT2D eigenvalue weighted by molar-refractivity contribution is 8.02. The second-order valence-electron chi connectivity index (χ2n) is 4.96. The van der Waals surface area contributed by atoms with Crippen molar-refractivity contribution in [3.63, 3.8) is 0 Å². The average Bonchev–Trinajstić information content (AvgIpc) is 3.04. The Bertz CT molecular complexity index is 858. The van der Waals surface area contributed by atoms with Crippen LogP contribution in [0, 0.1) is 0 Å². The minimum absolute atomic E-state index is 0.173. The zero-order valence-corrected chi connectivity index (χ0v) is 15.5. The van der Waals surface area contributed by atoms with Crippen molar-refractivity contribution in [2.75, 3.05) is 10.6 Å². The van der Waals surface area contributed by atoms with Crippen LogP contribution in [-0.2, 0) is 4.79 Å². The van der Waals surface area contributed by atoms with E-state index in [9.17, 15) is 4.79 Å². The number of carbonyl (C=O) groups is 1. The summed E-state index contributed by atoms with van der Waals surface area (Å²) in [6.45, 7) is 1.80. The summed E-state index contributed by atoms with van der Waals surface area (Å²) in [5.74, 6) is -0.173. The highest BCUT2D eigenvalue weighted by Crippen LogP contribution is 2.31. The largest absolute Gasteiger partial charge is 0.330 e. The molecule has 2 N–H and O–H groups in total. The Morgan fingerprint density at radius 1 is 1.20 bits per heavy atom. The lowest BCUT2D eigenvalue weighted by Crippen LogP contribution is -2.22. The number of nitrogens with zero attached hydrogens (tertiary/aromatic N) is 3. The summed E-state index contributed by atoms with van der Waals surface area (Å²) in [6.07, 6.45) is 1.57. The first kappa shape index (κ1) is 17.7. The zero-order chi connectivity index (χ0) is 17.6. The fraction of sp³-hybridized carbons (Fsp3) is 0.125. The fourth-order valence-corrected chi connectivity index (χ4v) is 3.95. The molecule has 0 unspecified atom stereocenters. The van der Waals surface area contributed by atoms with Crippen LogP contribution in [0.3, 0.4) is 0 Å². The van der Waals surface area contributed by atoms with Crippen molar-refractivity contribution in [1.82, 2.24) is 15.2 Å². The predicted octanol–water partition coefficient (Wildman–Crippen LogP) is 4.45. The van der Waals surface area contributed by atoms with Gasteiger partial charge in [0, 0.05) is 11.9 Å². The van der Waals surface area contributed by atoms with Gasteiger partial charge in [0.2, 0.25) is 11.0 Å². The molecule has 0 bridgehead atoms. The predicted molar refractivity (Wildman–Crippen MR) is 103 cm³/mol. The number of hydrogen-bond donors (Lipinski definition) is 2. The number of halogens is 1. The van der Waals surface area contributed by atoms with E-state index >= 15 is 0 Å². The van der Waals surface area contributed by atoms with Gasteiger partial charge in [-0.25, -0.2) is 4.98 Å². The van der Waals surface area contributed by atoms with E-state index in [-0.39, 0.29) is 16.3 Å². The quantitative estimate of drug-likeness (QED) is 0.477. The summed E-state index contributed by atoms with van der Waals surface area (Å²) in [5, 5.41) is 14.7. The van der Waals surface area contributed by atoms with Gasteiger partial charge >= 0.3 is 0 Å². The first-order valence-corrected chi connectivity index (χ1v) is 9.43. The van der Waals surface area contributed by atoms with Crippen molar-refractivity contribution in [2.24, 2.45) is 0 Å². The Morgan fingerprint density at radius 3 is 2.76 bits per heavy atom. The van der Waals surface area contributed by atoms with Crippen molar-refractivity contribution in [1.29, 1.82) is 0 Å². The molecule has 0 fully saturated rings. The fourth-order valence-electron chi connectivity index (χ4n) is 1.87. The molecule has 0 saturated heterocycles. The van der Waals surface area contributed by atoms with Crippen LogP contribution < -0.4 is 10.6 Å². The highest BCUT2D eigenvalue weighted by Gasteiger charge is 2.18. The molecule has 2 aromatic heterocycles. The van der Waals surface area contributed by atoms with Gasteiger partial charge in [0.25, 0.3) is 0 Å². The van der Waals surface area contributed by atoms with Crippen LogP contribution in [0.4, 0.5) is 16.5 Å². The van der Waals surface area contributed by atoms with Gasteiger partial charge in [0.1, 0.15) is 0 Å². The van der Waals surface area contributed by atoms with Crippen molar-refractivity contribution < 1.29 is 4.79 Å². The summed E-state index contributed by atoms with van der Waals surface area (Å²) >= 11 is 8.68. The molecule has 0 spiro atoms. The van der Waals surface area contributed by atoms with Crippen LogP contribution in [0.2, 0.25) is 5.15 Å². The van der Waals surface area contributed by atoms with E-state index < -0.39 is 0 Å². The number of thioether (sulfide) groups is 1. The lowest BCUT2D eigenvalue weighted by Gasteiger charge is -2.10. The SMILES string of the molecule is C[C@@H](Sc1nnc(Nc2ccccc2)s1)C(=O)Nc1cccnc1Cl. The summed E-state index contributed by atoms with van der Waals surface area (Å²) in [6, 6.07) is 13.1. The average molecular weight is 392 g/mol. The maximum absolute atomic E-state index is 12.3. The molecule has 0 saturated carbocycles. The number of carbonyl (C=O) groups excluding carboxylic acids is 1. The molecular weight excluding hydrogens is 378 g/mol. The molecule has 128 valence electrons. The van der Waals surface area contributed by atoms with Gasteiger partial charge < -0.3 is 10.6 Å². The molecule has 6 nitrogen and oxygen atoms in total. The number of amides is 1. The standard InChI is InChI=1S/C16H14ClN5OS2/c1-10(14(23)20-12-8-5-9-18-13(12)17)24-16-22-21-15(25-16)19-11-6-3-2-4-7-11/h2-10H,1H3,(H,19,21)(H,20,23)/t10-/m1/s1. The van der Waals surface area contributed by atoms with Gasteiger partial charge in [-0.15, -0.1) is 10.2 Å². The molecule has 0 aliphatic heterocycles. The lowest BCUT2D eigenvalue weighted by molar-refractivity contribution is -0.115. The highest BCUT2D eigenvalue weighted by atomic mass is 35.5. The first-order chi connectivity index (χ1) is 12.1. The van der Waals surface area contributed by atoms with E-state index in [4.69, 9.17) is 11.6 Å². The van der Waals surface area contributed by atoms with E-state index in [0.717, 1.165) is 5.69 Å². The molecule has 1 atom stereocenters. The van der Waals surface area contributed by atoms with Crippen LogP contribution in [0.5, 0.6) is 0 Å². The third kappa shape index (κ3) is 4.91. The van der Waals surface area contributed by atoms with E-state index in [1.54, 1.807) is 25.3 Å². The van der Waals surface area contributed by atoms with Gasteiger partial charge in [-0.3, -0.25) is 4.79 Å². The maximum atomic E-state index is 12.3. The van der Waals surface area contributed by atoms with Crippen molar-refractivity contribution in [2.45, 2.75) is 16.5 Å². The second-order valence-corrected chi connectivity index (χ2v) is 7.88. The molecule has 0 radical (unpaired) electrons. The van der Waals surface area contributed by atoms with Gasteiger partial charge in [-0.2, -0.15) is 0 Å². The number of nitrogens with one attached hydrogen (secondary N) is 2. The van der Waals surface area contributed by atoms with E-state index in [0.29, 0.717) is 15.2 Å². The van der Waals surface area contributed by atoms with Crippen molar-refractivity contribution >= 4 is 57.1 Å². The smallest absolute Gasteiger partial charge is 0.237 e. The van der Waals surface area contributed by atoms with E-state index in [2.05, 4.69) is 25.8 Å². The molecular formula is C16H14ClN5OS2. The number of hydrogen-bond acceptors (Lipinski definition) is 7. The van der Waals surface area contributed by atoms with Crippen LogP contribution in [0.1, 0.15) is 6.92 Å². The summed E-state index contributed by atoms with van der Waals surface area (Å²) in [4.78, 5) is 16.2. The molecule has 1 aromatic carbocycles. The molecule has 1 amide bonds. The topological polar surface area (TPSA) is 79.8 Å². The minimum Gasteiger partial charge on any atom is -0.330 e. The molecule has 9 heteroatoms. The third-order valence-corrected chi connectivity index (χ3v) is 5.42. The second kappa shape index (κ2) is 8.28. The summed E-state index contributed by atoms with van der Waals surface area (Å²) in [5.41, 5.74) is 1.43. The molecule has 0 aliphatic carbocycles. The number of para-hydroxylation sites is 1. The summed E-state index contributed by atoms with van der Waals surface area (Å²) < 4.78 is 0.707. The first-order valence-electron chi connectivity index (χ1n) is 7.35. The molecule has 3 aromatic rings. The Labute approximate surface area is 158 Å². The Hall–Kier alpha value is -2.16. The Balaban J connectivity index is 1.58. The van der Waals surface area contributed by atoms with Crippen molar-refractivity contribution in [3.05, 3.63) is 53.8 Å². The molecule has 3 rings (SSSR count). The number of benzene rings is 1. The van der Waals surface area contributed by atoms with E-state index in [1.807, 2.05) is 30.3 Å². The third-order valence-electron chi connectivity index (χ3n) is 3.10. The van der Waals surface area contributed by atoms with Gasteiger partial charge in [-0.05, 0) is 31.2 Å². The number of rotatable bonds is 6. The monoisotopic (exact) mass is 391 g/mol. The molecule has 25 heavy (non-hydrogen) atoms. The molecule has 2 heterocycles. The zero-order valence-electron chi connectivity index (χ0n) is 13.1. The van der Waals surface area contributed by atoms with E-state index in [1.165, 1.54) is 23.1 Å². The number of aromatic nitrogens is 3. The van der Waals surface area contributed by atoms with Gasteiger partial charge in [0.05, 0.1) is 10.9 Å². The Kier molecular flexibility index (Phi) is 5.85. The number of anilines is 3. The van der Waals surface area contributed by atoms with Gasteiger partial charge in [0.15, 0.2) is 9.49 Å². The van der Waals surface area contributed by atoms with Crippen molar-refractivity contribution in [3.8, 4) is 0 Å². The lowest BCUT2D eigenvalue weighted by atomic mass is 10.3. The number of pyridine rings is 1. The van der Waals surface area contributed by atoms with Gasteiger partial charge in [-0.1, -0.05) is 52.9 Å². The van der Waals surface area contributed by atoms with Crippen LogP contribution >= 0.6 is 34.7 Å². The van der Waals surface area contributed by atoms with Crippen LogP contribution in [-0.4, -0.2) is 26.3 Å². The maximum Gasteiger partial charge on any atom is 0.237 e. The minimum atomic E-state index is -0.353. The molecule has 0 aliphatic rings. The summed E-state index contributed by atoms with van der Waals surface area (Å²) in [7, 11) is 0. The van der Waals surface area contributed by atoms with Crippen LogP contribution in [0.25, 0.3) is 0 Å². The van der Waals surface area contributed by atoms with Crippen LogP contribution in [0.15, 0.2) is 53.0 Å².